The van der Waals surface area contributed by atoms with Gasteiger partial charge >= 0.3 is 11.9 Å². The zero-order valence-electron chi connectivity index (χ0n) is 15.7. The predicted molar refractivity (Wildman–Crippen MR) is 107 cm³/mol. The largest absolute Gasteiger partial charge is 0.478 e. The fourth-order valence-corrected chi connectivity index (χ4v) is 2.59. The van der Waals surface area contributed by atoms with Crippen LogP contribution in [0.3, 0.4) is 0 Å². The number of carboxylic acids is 2. The maximum Gasteiger partial charge on any atom is 0.335 e. The number of carboxylic acid groups (broad SMARTS) is 2. The lowest BCUT2D eigenvalue weighted by Gasteiger charge is -2.07. The number of aromatic carboxylic acids is 2. The third-order valence-electron chi connectivity index (χ3n) is 4.14. The Bertz CT molecular complexity index is 802. The number of benzene rings is 2. The summed E-state index contributed by atoms with van der Waals surface area (Å²) in [6, 6.07) is 11.8. The highest BCUT2D eigenvalue weighted by molar-refractivity contribution is 5.93. The fraction of sp³-hybridized carbons (Fsp3) is 0.238. The summed E-state index contributed by atoms with van der Waals surface area (Å²) in [4.78, 5) is 45.4. The third-order valence-corrected chi connectivity index (χ3v) is 4.14. The first-order valence-electron chi connectivity index (χ1n) is 9.11. The number of amides is 2. The molecule has 4 N–H and O–H groups in total. The fourth-order valence-electron chi connectivity index (χ4n) is 2.59. The average Bonchev–Trinajstić information content (AvgIpc) is 2.68. The molecule has 8 heteroatoms. The smallest absolute Gasteiger partial charge is 0.335 e. The minimum Gasteiger partial charge on any atom is -0.478 e. The van der Waals surface area contributed by atoms with Crippen LogP contribution in [0.5, 0.6) is 0 Å². The van der Waals surface area contributed by atoms with Crippen LogP contribution in [-0.2, 0) is 9.59 Å². The second-order valence-electron chi connectivity index (χ2n) is 6.42. The molecular weight excluding hydrogens is 376 g/mol. The molecule has 29 heavy (non-hydrogen) atoms. The van der Waals surface area contributed by atoms with E-state index in [2.05, 4.69) is 10.6 Å². The van der Waals surface area contributed by atoms with Crippen LogP contribution in [-0.4, -0.2) is 34.0 Å². The van der Waals surface area contributed by atoms with Gasteiger partial charge < -0.3 is 20.8 Å². The van der Waals surface area contributed by atoms with E-state index in [0.29, 0.717) is 43.5 Å². The lowest BCUT2D eigenvalue weighted by Crippen LogP contribution is -2.12. The molecule has 2 amide bonds. The number of carbonyl (C=O) groups is 4. The van der Waals surface area contributed by atoms with Gasteiger partial charge in [0.05, 0.1) is 11.1 Å². The van der Waals surface area contributed by atoms with Gasteiger partial charge in [0, 0.05) is 24.2 Å². The van der Waals surface area contributed by atoms with Crippen molar-refractivity contribution in [1.82, 2.24) is 0 Å². The second kappa shape index (κ2) is 10.6. The van der Waals surface area contributed by atoms with Crippen molar-refractivity contribution in [2.75, 3.05) is 10.6 Å². The van der Waals surface area contributed by atoms with Crippen molar-refractivity contribution < 1.29 is 29.4 Å². The Balaban J connectivity index is 1.62. The molecule has 0 aliphatic heterocycles. The van der Waals surface area contributed by atoms with Gasteiger partial charge in [0.15, 0.2) is 0 Å². The SMILES string of the molecule is O=C(CCCCCC(=O)Nc1ccc(C(=O)O)cc1)Nc1ccc(C(=O)O)cc1. The van der Waals surface area contributed by atoms with Gasteiger partial charge in [-0.3, -0.25) is 9.59 Å². The Kier molecular flexibility index (Phi) is 7.90. The predicted octanol–water partition coefficient (Wildman–Crippen LogP) is 3.61. The molecule has 152 valence electrons. The van der Waals surface area contributed by atoms with Crippen LogP contribution in [0.15, 0.2) is 48.5 Å². The van der Waals surface area contributed by atoms with Crippen LogP contribution in [0.2, 0.25) is 0 Å². The van der Waals surface area contributed by atoms with Gasteiger partial charge in [0.25, 0.3) is 0 Å². The molecule has 0 saturated heterocycles. The van der Waals surface area contributed by atoms with Crippen LogP contribution in [0.1, 0.15) is 52.8 Å². The first kappa shape index (κ1) is 21.6. The van der Waals surface area contributed by atoms with Gasteiger partial charge in [-0.05, 0) is 61.4 Å². The normalized spacial score (nSPS) is 10.2. The van der Waals surface area contributed by atoms with E-state index >= 15 is 0 Å². The quantitative estimate of drug-likeness (QED) is 0.452. The summed E-state index contributed by atoms with van der Waals surface area (Å²) in [5.74, 6) is -2.39. The van der Waals surface area contributed by atoms with Crippen LogP contribution < -0.4 is 10.6 Å². The van der Waals surface area contributed by atoms with E-state index in [9.17, 15) is 19.2 Å². The Hall–Kier alpha value is -3.68. The van der Waals surface area contributed by atoms with Crippen molar-refractivity contribution in [2.45, 2.75) is 32.1 Å². The molecule has 0 radical (unpaired) electrons. The van der Waals surface area contributed by atoms with E-state index in [0.717, 1.165) is 0 Å². The van der Waals surface area contributed by atoms with Crippen LogP contribution >= 0.6 is 0 Å². The molecule has 2 aromatic rings. The van der Waals surface area contributed by atoms with E-state index in [1.807, 2.05) is 0 Å². The van der Waals surface area contributed by atoms with Gasteiger partial charge in [-0.1, -0.05) is 6.42 Å². The maximum absolute atomic E-state index is 11.9. The molecule has 2 rings (SSSR count). The monoisotopic (exact) mass is 398 g/mol. The molecule has 0 fully saturated rings. The zero-order chi connectivity index (χ0) is 21.2. The Morgan fingerprint density at radius 2 is 0.931 bits per heavy atom. The maximum atomic E-state index is 11.9. The van der Waals surface area contributed by atoms with Crippen LogP contribution in [0.25, 0.3) is 0 Å². The summed E-state index contributed by atoms with van der Waals surface area (Å²) in [5.41, 5.74) is 1.37. The highest BCUT2D eigenvalue weighted by atomic mass is 16.4. The molecule has 0 atom stereocenters. The van der Waals surface area contributed by atoms with Crippen molar-refractivity contribution in [3.8, 4) is 0 Å². The summed E-state index contributed by atoms with van der Waals surface area (Å²) in [6.07, 6.45) is 2.56. The Morgan fingerprint density at radius 1 is 0.586 bits per heavy atom. The Morgan fingerprint density at radius 3 is 1.24 bits per heavy atom. The summed E-state index contributed by atoms with van der Waals surface area (Å²) < 4.78 is 0. The number of hydrogen-bond acceptors (Lipinski definition) is 4. The molecule has 8 nitrogen and oxygen atoms in total. The topological polar surface area (TPSA) is 133 Å². The van der Waals surface area contributed by atoms with Crippen molar-refractivity contribution >= 4 is 35.1 Å². The van der Waals surface area contributed by atoms with E-state index in [4.69, 9.17) is 10.2 Å². The summed E-state index contributed by atoms with van der Waals surface area (Å²) >= 11 is 0. The molecule has 0 heterocycles. The van der Waals surface area contributed by atoms with Crippen LogP contribution in [0.4, 0.5) is 11.4 Å². The number of hydrogen-bond donors (Lipinski definition) is 4. The highest BCUT2D eigenvalue weighted by Crippen LogP contribution is 2.13. The zero-order valence-corrected chi connectivity index (χ0v) is 15.7. The highest BCUT2D eigenvalue weighted by Gasteiger charge is 2.07. The summed E-state index contributed by atoms with van der Waals surface area (Å²) in [7, 11) is 0. The molecule has 0 saturated carbocycles. The van der Waals surface area contributed by atoms with Crippen molar-refractivity contribution in [3.05, 3.63) is 59.7 Å². The first-order valence-corrected chi connectivity index (χ1v) is 9.11. The van der Waals surface area contributed by atoms with Gasteiger partial charge in [-0.2, -0.15) is 0 Å². The van der Waals surface area contributed by atoms with Gasteiger partial charge in [0.2, 0.25) is 11.8 Å². The van der Waals surface area contributed by atoms with E-state index in [-0.39, 0.29) is 22.9 Å². The lowest BCUT2D eigenvalue weighted by molar-refractivity contribution is -0.116. The molecular formula is C21H22N2O6. The van der Waals surface area contributed by atoms with Gasteiger partial charge in [-0.15, -0.1) is 0 Å². The second-order valence-corrected chi connectivity index (χ2v) is 6.42. The van der Waals surface area contributed by atoms with Crippen molar-refractivity contribution in [2.24, 2.45) is 0 Å². The van der Waals surface area contributed by atoms with Crippen LogP contribution in [0, 0.1) is 0 Å². The number of anilines is 2. The minimum absolute atomic E-state index is 0.152. The molecule has 0 unspecified atom stereocenters. The Labute approximate surface area is 167 Å². The number of unbranched alkanes of at least 4 members (excludes halogenated alkanes) is 2. The first-order chi connectivity index (χ1) is 13.8. The minimum atomic E-state index is -1.02. The molecule has 0 spiro atoms. The molecule has 0 aliphatic carbocycles. The standard InChI is InChI=1S/C21H22N2O6/c24-18(22-16-10-6-14(7-11-16)20(26)27)4-2-1-3-5-19(25)23-17-12-8-15(9-13-17)21(28)29/h6-13H,1-5H2,(H,22,24)(H,23,25)(H,26,27)(H,28,29). The average molecular weight is 398 g/mol. The third kappa shape index (κ3) is 7.45. The number of carbonyl (C=O) groups excluding carboxylic acids is 2. The number of nitrogens with one attached hydrogen (secondary N) is 2. The molecule has 2 aromatic carbocycles. The van der Waals surface area contributed by atoms with E-state index < -0.39 is 11.9 Å². The van der Waals surface area contributed by atoms with Gasteiger partial charge in [-0.25, -0.2) is 9.59 Å². The molecule has 0 bridgehead atoms. The summed E-state index contributed by atoms with van der Waals surface area (Å²) in [6.45, 7) is 0. The lowest BCUT2D eigenvalue weighted by atomic mass is 10.1. The van der Waals surface area contributed by atoms with Gasteiger partial charge in [0.1, 0.15) is 0 Å². The van der Waals surface area contributed by atoms with Crippen molar-refractivity contribution in [1.29, 1.82) is 0 Å². The molecule has 0 aliphatic rings. The van der Waals surface area contributed by atoms with Crippen molar-refractivity contribution in [3.63, 3.8) is 0 Å². The van der Waals surface area contributed by atoms with E-state index in [1.165, 1.54) is 48.5 Å². The van der Waals surface area contributed by atoms with E-state index in [1.54, 1.807) is 0 Å². The number of rotatable bonds is 10. The molecule has 0 aromatic heterocycles. The summed E-state index contributed by atoms with van der Waals surface area (Å²) in [5, 5.41) is 23.1.